The van der Waals surface area contributed by atoms with Crippen LogP contribution in [0.3, 0.4) is 0 Å². The lowest BCUT2D eigenvalue weighted by molar-refractivity contribution is 0.422. The van der Waals surface area contributed by atoms with E-state index in [2.05, 4.69) is 27.1 Å². The molecule has 0 unspecified atom stereocenters. The molecule has 0 amide bonds. The molecule has 0 atom stereocenters. The SMILES string of the molecule is Nc1nc(N)nc(CSc2nc(C3CCCCC3)n(-c3ccccc3)n2)n1. The molecule has 4 rings (SSSR count). The van der Waals surface area contributed by atoms with Crippen LogP contribution in [-0.2, 0) is 5.75 Å². The minimum Gasteiger partial charge on any atom is -0.368 e. The van der Waals surface area contributed by atoms with Crippen LogP contribution in [0.2, 0.25) is 0 Å². The summed E-state index contributed by atoms with van der Waals surface area (Å²) in [5.74, 6) is 2.76. The van der Waals surface area contributed by atoms with Crippen molar-refractivity contribution in [1.29, 1.82) is 0 Å². The summed E-state index contributed by atoms with van der Waals surface area (Å²) in [4.78, 5) is 16.9. The van der Waals surface area contributed by atoms with E-state index in [1.807, 2.05) is 22.9 Å². The molecule has 0 spiro atoms. The number of thioether (sulfide) groups is 1. The topological polar surface area (TPSA) is 121 Å². The standard InChI is InChI=1S/C18H22N8S/c19-16-21-14(22-17(20)24-16)11-27-18-23-15(12-7-3-1-4-8-12)26(25-18)13-9-5-2-6-10-13/h2,5-6,9-10,12H,1,3-4,7-8,11H2,(H4,19,20,21,22,24). The van der Waals surface area contributed by atoms with Crippen LogP contribution >= 0.6 is 11.8 Å². The van der Waals surface area contributed by atoms with Gasteiger partial charge in [-0.05, 0) is 25.0 Å². The molecule has 3 aromatic rings. The van der Waals surface area contributed by atoms with Crippen molar-refractivity contribution >= 4 is 23.7 Å². The van der Waals surface area contributed by atoms with Crippen LogP contribution < -0.4 is 11.5 Å². The number of para-hydroxylation sites is 1. The summed E-state index contributed by atoms with van der Waals surface area (Å²) in [5.41, 5.74) is 12.3. The number of nitrogen functional groups attached to an aromatic ring is 2. The van der Waals surface area contributed by atoms with Crippen molar-refractivity contribution in [3.05, 3.63) is 42.0 Å². The average Bonchev–Trinajstić information content (AvgIpc) is 3.11. The molecule has 1 fully saturated rings. The van der Waals surface area contributed by atoms with Crippen LogP contribution in [0.4, 0.5) is 11.9 Å². The Morgan fingerprint density at radius 3 is 2.33 bits per heavy atom. The lowest BCUT2D eigenvalue weighted by Gasteiger charge is -2.21. The second-order valence-electron chi connectivity index (χ2n) is 6.59. The number of rotatable bonds is 5. The molecule has 0 aliphatic heterocycles. The van der Waals surface area contributed by atoms with Gasteiger partial charge in [0.2, 0.25) is 17.1 Å². The monoisotopic (exact) mass is 382 g/mol. The van der Waals surface area contributed by atoms with E-state index >= 15 is 0 Å². The van der Waals surface area contributed by atoms with Gasteiger partial charge in [0.25, 0.3) is 0 Å². The van der Waals surface area contributed by atoms with Crippen LogP contribution in [0.5, 0.6) is 0 Å². The summed E-state index contributed by atoms with van der Waals surface area (Å²) < 4.78 is 1.98. The Bertz CT molecular complexity index is 885. The van der Waals surface area contributed by atoms with Crippen molar-refractivity contribution in [2.24, 2.45) is 0 Å². The van der Waals surface area contributed by atoms with Gasteiger partial charge in [0.1, 0.15) is 11.6 Å². The molecule has 1 aliphatic carbocycles. The number of aromatic nitrogens is 6. The molecule has 27 heavy (non-hydrogen) atoms. The second-order valence-corrected chi connectivity index (χ2v) is 7.53. The molecule has 0 bridgehead atoms. The summed E-state index contributed by atoms with van der Waals surface area (Å²) in [6.07, 6.45) is 6.13. The Kier molecular flexibility index (Phi) is 5.19. The third-order valence-corrected chi connectivity index (χ3v) is 5.46. The van der Waals surface area contributed by atoms with Crippen molar-refractivity contribution in [3.63, 3.8) is 0 Å². The normalized spacial score (nSPS) is 15.1. The van der Waals surface area contributed by atoms with Crippen molar-refractivity contribution in [2.45, 2.75) is 48.9 Å². The quantitative estimate of drug-likeness (QED) is 0.646. The molecule has 1 aliphatic rings. The first kappa shape index (κ1) is 17.7. The highest BCUT2D eigenvalue weighted by atomic mass is 32.2. The van der Waals surface area contributed by atoms with Gasteiger partial charge in [-0.1, -0.05) is 49.2 Å². The molecule has 1 saturated carbocycles. The predicted octanol–water partition coefficient (Wildman–Crippen LogP) is 2.96. The molecule has 1 aromatic carbocycles. The molecular weight excluding hydrogens is 360 g/mol. The number of benzene rings is 1. The van der Waals surface area contributed by atoms with Crippen molar-refractivity contribution in [1.82, 2.24) is 29.7 Å². The van der Waals surface area contributed by atoms with Crippen LogP contribution in [0.15, 0.2) is 35.5 Å². The van der Waals surface area contributed by atoms with Gasteiger partial charge in [-0.25, -0.2) is 9.67 Å². The maximum atomic E-state index is 5.64. The fourth-order valence-electron chi connectivity index (χ4n) is 3.40. The van der Waals surface area contributed by atoms with E-state index < -0.39 is 0 Å². The number of nitrogens with zero attached hydrogens (tertiary/aromatic N) is 6. The highest BCUT2D eigenvalue weighted by Gasteiger charge is 2.23. The maximum absolute atomic E-state index is 5.64. The summed E-state index contributed by atoms with van der Waals surface area (Å²) in [7, 11) is 0. The fraction of sp³-hybridized carbons (Fsp3) is 0.389. The molecule has 2 heterocycles. The average molecular weight is 382 g/mol. The van der Waals surface area contributed by atoms with Crippen LogP contribution in [-0.4, -0.2) is 29.7 Å². The van der Waals surface area contributed by atoms with Gasteiger partial charge in [-0.15, -0.1) is 5.10 Å². The molecule has 0 radical (unpaired) electrons. The molecule has 0 saturated heterocycles. The smallest absolute Gasteiger partial charge is 0.225 e. The predicted molar refractivity (Wildman–Crippen MR) is 105 cm³/mol. The van der Waals surface area contributed by atoms with E-state index in [0.717, 1.165) is 24.4 Å². The van der Waals surface area contributed by atoms with E-state index in [0.29, 0.717) is 22.7 Å². The number of hydrogen-bond acceptors (Lipinski definition) is 8. The Balaban J connectivity index is 1.60. The van der Waals surface area contributed by atoms with Crippen molar-refractivity contribution in [2.75, 3.05) is 11.5 Å². The van der Waals surface area contributed by atoms with Crippen LogP contribution in [0.25, 0.3) is 5.69 Å². The first-order valence-electron chi connectivity index (χ1n) is 9.10. The lowest BCUT2D eigenvalue weighted by Crippen LogP contribution is -2.12. The highest BCUT2D eigenvalue weighted by Crippen LogP contribution is 2.34. The zero-order chi connectivity index (χ0) is 18.6. The minimum atomic E-state index is 0.128. The first-order valence-corrected chi connectivity index (χ1v) is 10.1. The zero-order valence-corrected chi connectivity index (χ0v) is 15.8. The minimum absolute atomic E-state index is 0.128. The van der Waals surface area contributed by atoms with Crippen LogP contribution in [0, 0.1) is 0 Å². The molecule has 2 aromatic heterocycles. The number of anilines is 2. The van der Waals surface area contributed by atoms with Crippen molar-refractivity contribution in [3.8, 4) is 5.69 Å². The Labute approximate surface area is 161 Å². The highest BCUT2D eigenvalue weighted by molar-refractivity contribution is 7.98. The fourth-order valence-corrected chi connectivity index (χ4v) is 4.09. The summed E-state index contributed by atoms with van der Waals surface area (Å²) in [6, 6.07) is 10.2. The Morgan fingerprint density at radius 2 is 1.63 bits per heavy atom. The second kappa shape index (κ2) is 7.91. The van der Waals surface area contributed by atoms with E-state index in [1.165, 1.54) is 31.0 Å². The third-order valence-electron chi connectivity index (χ3n) is 4.63. The number of nitrogens with two attached hydrogens (primary N) is 2. The molecule has 8 nitrogen and oxygen atoms in total. The van der Waals surface area contributed by atoms with Gasteiger partial charge >= 0.3 is 0 Å². The van der Waals surface area contributed by atoms with Gasteiger partial charge < -0.3 is 11.5 Å². The first-order chi connectivity index (χ1) is 13.2. The maximum Gasteiger partial charge on any atom is 0.225 e. The molecule has 4 N–H and O–H groups in total. The van der Waals surface area contributed by atoms with E-state index in [-0.39, 0.29) is 11.9 Å². The summed E-state index contributed by atoms with van der Waals surface area (Å²) in [6.45, 7) is 0. The summed E-state index contributed by atoms with van der Waals surface area (Å²) >= 11 is 1.48. The Morgan fingerprint density at radius 1 is 0.926 bits per heavy atom. The van der Waals surface area contributed by atoms with Gasteiger partial charge in [0, 0.05) is 5.92 Å². The van der Waals surface area contributed by atoms with Crippen LogP contribution in [0.1, 0.15) is 49.7 Å². The van der Waals surface area contributed by atoms with E-state index in [1.54, 1.807) is 0 Å². The van der Waals surface area contributed by atoms with E-state index in [4.69, 9.17) is 21.5 Å². The van der Waals surface area contributed by atoms with E-state index in [9.17, 15) is 0 Å². The largest absolute Gasteiger partial charge is 0.368 e. The lowest BCUT2D eigenvalue weighted by atomic mass is 9.88. The number of hydrogen-bond donors (Lipinski definition) is 2. The van der Waals surface area contributed by atoms with Crippen molar-refractivity contribution < 1.29 is 0 Å². The molecule has 9 heteroatoms. The van der Waals surface area contributed by atoms with Gasteiger partial charge in [0.05, 0.1) is 11.4 Å². The third kappa shape index (κ3) is 4.19. The molecular formula is C18H22N8S. The van der Waals surface area contributed by atoms with Gasteiger partial charge in [0.15, 0.2) is 0 Å². The molecule has 140 valence electrons. The van der Waals surface area contributed by atoms with Gasteiger partial charge in [-0.2, -0.15) is 15.0 Å². The van der Waals surface area contributed by atoms with Gasteiger partial charge in [-0.3, -0.25) is 0 Å². The Hall–Kier alpha value is -2.68. The summed E-state index contributed by atoms with van der Waals surface area (Å²) in [5, 5.41) is 5.46. The zero-order valence-electron chi connectivity index (χ0n) is 15.0.